The molecule has 0 aromatic heterocycles. The van der Waals surface area contributed by atoms with E-state index in [1.807, 2.05) is 0 Å². The molecule has 1 unspecified atom stereocenters. The number of hydrogen-bond donors (Lipinski definition) is 1. The molecule has 1 rings (SSSR count). The Balaban J connectivity index is 2.68. The van der Waals surface area contributed by atoms with Crippen LogP contribution in [0, 0.1) is 13.8 Å². The van der Waals surface area contributed by atoms with Crippen molar-refractivity contribution in [2.24, 2.45) is 5.73 Å². The highest BCUT2D eigenvalue weighted by atomic mass is 16.5. The first-order valence-corrected chi connectivity index (χ1v) is 6.48. The summed E-state index contributed by atoms with van der Waals surface area (Å²) < 4.78 is 5.32. The molecule has 0 fully saturated rings. The van der Waals surface area contributed by atoms with Crippen molar-refractivity contribution >= 4 is 0 Å². The van der Waals surface area contributed by atoms with Gasteiger partial charge in [0.2, 0.25) is 0 Å². The minimum atomic E-state index is 0.335. The van der Waals surface area contributed by atoms with Gasteiger partial charge in [0.1, 0.15) is 5.75 Å². The van der Waals surface area contributed by atoms with Crippen molar-refractivity contribution in [2.75, 3.05) is 7.11 Å². The van der Waals surface area contributed by atoms with E-state index in [0.717, 1.165) is 25.0 Å². The molecule has 0 aliphatic heterocycles. The largest absolute Gasteiger partial charge is 0.496 e. The topological polar surface area (TPSA) is 35.2 Å². The van der Waals surface area contributed by atoms with Crippen LogP contribution in [0.15, 0.2) is 12.1 Å². The standard InChI is InChI=1S/C15H25NO/c1-5-6-14(16)8-7-13-9-12(3)15(17-4)10-11(13)2/h9-10,14H,5-8,16H2,1-4H3. The zero-order valence-electron chi connectivity index (χ0n) is 11.5. The van der Waals surface area contributed by atoms with Crippen LogP contribution in [0.1, 0.15) is 42.9 Å². The molecule has 0 aliphatic carbocycles. The van der Waals surface area contributed by atoms with E-state index in [1.165, 1.54) is 23.1 Å². The highest BCUT2D eigenvalue weighted by molar-refractivity contribution is 5.41. The Morgan fingerprint density at radius 3 is 2.47 bits per heavy atom. The third kappa shape index (κ3) is 4.04. The van der Waals surface area contributed by atoms with Crippen LogP contribution in [0.5, 0.6) is 5.75 Å². The van der Waals surface area contributed by atoms with Gasteiger partial charge in [-0.2, -0.15) is 0 Å². The number of benzene rings is 1. The number of methoxy groups -OCH3 is 1. The average Bonchev–Trinajstić information content (AvgIpc) is 2.30. The van der Waals surface area contributed by atoms with Gasteiger partial charge in [0.05, 0.1) is 7.11 Å². The molecular formula is C15H25NO. The summed E-state index contributed by atoms with van der Waals surface area (Å²) in [5, 5.41) is 0. The summed E-state index contributed by atoms with van der Waals surface area (Å²) in [6.07, 6.45) is 4.42. The minimum Gasteiger partial charge on any atom is -0.496 e. The molecule has 1 aromatic carbocycles. The number of ether oxygens (including phenoxy) is 1. The van der Waals surface area contributed by atoms with Gasteiger partial charge in [0.25, 0.3) is 0 Å². The number of nitrogens with two attached hydrogens (primary N) is 1. The Morgan fingerprint density at radius 2 is 1.88 bits per heavy atom. The first-order valence-electron chi connectivity index (χ1n) is 6.48. The van der Waals surface area contributed by atoms with E-state index in [1.54, 1.807) is 7.11 Å². The molecule has 0 radical (unpaired) electrons. The van der Waals surface area contributed by atoms with Crippen molar-refractivity contribution in [3.63, 3.8) is 0 Å². The first kappa shape index (κ1) is 14.0. The molecule has 1 atom stereocenters. The molecule has 0 aliphatic rings. The molecule has 0 saturated carbocycles. The van der Waals surface area contributed by atoms with Crippen LogP contribution in [0.2, 0.25) is 0 Å². The zero-order chi connectivity index (χ0) is 12.8. The van der Waals surface area contributed by atoms with E-state index in [-0.39, 0.29) is 0 Å². The molecule has 0 bridgehead atoms. The third-order valence-electron chi connectivity index (χ3n) is 3.30. The fourth-order valence-corrected chi connectivity index (χ4v) is 2.19. The minimum absolute atomic E-state index is 0.335. The number of aryl methyl sites for hydroxylation is 3. The number of hydrogen-bond acceptors (Lipinski definition) is 2. The highest BCUT2D eigenvalue weighted by Gasteiger charge is 2.07. The third-order valence-corrected chi connectivity index (χ3v) is 3.30. The van der Waals surface area contributed by atoms with Crippen molar-refractivity contribution in [3.8, 4) is 5.75 Å². The summed E-state index contributed by atoms with van der Waals surface area (Å²) in [6, 6.07) is 4.69. The van der Waals surface area contributed by atoms with Crippen molar-refractivity contribution < 1.29 is 4.74 Å². The van der Waals surface area contributed by atoms with Crippen LogP contribution in [-0.2, 0) is 6.42 Å². The summed E-state index contributed by atoms with van der Waals surface area (Å²) >= 11 is 0. The maximum absolute atomic E-state index is 6.05. The first-order chi connectivity index (χ1) is 8.08. The van der Waals surface area contributed by atoms with E-state index in [4.69, 9.17) is 10.5 Å². The van der Waals surface area contributed by atoms with E-state index in [2.05, 4.69) is 32.9 Å². The van der Waals surface area contributed by atoms with E-state index >= 15 is 0 Å². The lowest BCUT2D eigenvalue weighted by atomic mass is 9.97. The maximum Gasteiger partial charge on any atom is 0.122 e. The summed E-state index contributed by atoms with van der Waals surface area (Å²) in [5.74, 6) is 0.976. The SMILES string of the molecule is CCCC(N)CCc1cc(C)c(OC)cc1C. The molecule has 1 aromatic rings. The van der Waals surface area contributed by atoms with Gasteiger partial charge in [-0.25, -0.2) is 0 Å². The molecule has 0 amide bonds. The molecular weight excluding hydrogens is 210 g/mol. The van der Waals surface area contributed by atoms with Gasteiger partial charge in [-0.15, -0.1) is 0 Å². The van der Waals surface area contributed by atoms with Gasteiger partial charge in [-0.1, -0.05) is 19.4 Å². The summed E-state index contributed by atoms with van der Waals surface area (Å²) in [7, 11) is 1.72. The molecule has 0 heterocycles. The molecule has 2 heteroatoms. The maximum atomic E-state index is 6.05. The zero-order valence-corrected chi connectivity index (χ0v) is 11.5. The monoisotopic (exact) mass is 235 g/mol. The van der Waals surface area contributed by atoms with E-state index in [0.29, 0.717) is 6.04 Å². The van der Waals surface area contributed by atoms with Crippen molar-refractivity contribution in [1.82, 2.24) is 0 Å². The van der Waals surface area contributed by atoms with Gasteiger partial charge >= 0.3 is 0 Å². The lowest BCUT2D eigenvalue weighted by Crippen LogP contribution is -2.20. The van der Waals surface area contributed by atoms with Crippen LogP contribution >= 0.6 is 0 Å². The lowest BCUT2D eigenvalue weighted by Gasteiger charge is -2.14. The fourth-order valence-electron chi connectivity index (χ4n) is 2.19. The van der Waals surface area contributed by atoms with Gasteiger partial charge in [0, 0.05) is 6.04 Å². The number of rotatable bonds is 6. The van der Waals surface area contributed by atoms with Crippen molar-refractivity contribution in [3.05, 3.63) is 28.8 Å². The van der Waals surface area contributed by atoms with Crippen LogP contribution in [0.25, 0.3) is 0 Å². The Morgan fingerprint density at radius 1 is 1.18 bits per heavy atom. The fraction of sp³-hybridized carbons (Fsp3) is 0.600. The quantitative estimate of drug-likeness (QED) is 0.820. The van der Waals surface area contributed by atoms with E-state index in [9.17, 15) is 0 Å². The average molecular weight is 235 g/mol. The molecule has 0 saturated heterocycles. The smallest absolute Gasteiger partial charge is 0.122 e. The molecule has 2 nitrogen and oxygen atoms in total. The predicted molar refractivity (Wildman–Crippen MR) is 73.7 cm³/mol. The van der Waals surface area contributed by atoms with Gasteiger partial charge < -0.3 is 10.5 Å². The molecule has 2 N–H and O–H groups in total. The van der Waals surface area contributed by atoms with Crippen molar-refractivity contribution in [1.29, 1.82) is 0 Å². The Bertz CT molecular complexity index is 360. The normalized spacial score (nSPS) is 12.5. The molecule has 0 spiro atoms. The Hall–Kier alpha value is -1.02. The van der Waals surface area contributed by atoms with Gasteiger partial charge in [0.15, 0.2) is 0 Å². The van der Waals surface area contributed by atoms with Crippen LogP contribution in [-0.4, -0.2) is 13.2 Å². The van der Waals surface area contributed by atoms with Gasteiger partial charge in [-0.3, -0.25) is 0 Å². The summed E-state index contributed by atoms with van der Waals surface area (Å²) in [4.78, 5) is 0. The van der Waals surface area contributed by atoms with Crippen LogP contribution < -0.4 is 10.5 Å². The summed E-state index contributed by atoms with van der Waals surface area (Å²) in [5.41, 5.74) is 9.96. The predicted octanol–water partition coefficient (Wildman–Crippen LogP) is 3.37. The van der Waals surface area contributed by atoms with Crippen molar-refractivity contribution in [2.45, 2.75) is 52.5 Å². The van der Waals surface area contributed by atoms with E-state index < -0.39 is 0 Å². The second-order valence-electron chi connectivity index (χ2n) is 4.84. The Labute approximate surface area is 105 Å². The van der Waals surface area contributed by atoms with Crippen LogP contribution in [0.3, 0.4) is 0 Å². The van der Waals surface area contributed by atoms with Crippen LogP contribution in [0.4, 0.5) is 0 Å². The highest BCUT2D eigenvalue weighted by Crippen LogP contribution is 2.23. The summed E-state index contributed by atoms with van der Waals surface area (Å²) in [6.45, 7) is 6.42. The second-order valence-corrected chi connectivity index (χ2v) is 4.84. The second kappa shape index (κ2) is 6.65. The molecule has 96 valence electrons. The molecule has 17 heavy (non-hydrogen) atoms. The Kier molecular flexibility index (Phi) is 5.49. The van der Waals surface area contributed by atoms with Gasteiger partial charge in [-0.05, 0) is 55.9 Å². The lowest BCUT2D eigenvalue weighted by molar-refractivity contribution is 0.411.